The summed E-state index contributed by atoms with van der Waals surface area (Å²) < 4.78 is 0. The topological polar surface area (TPSA) is 37.3 Å². The van der Waals surface area contributed by atoms with Gasteiger partial charge in [-0.25, -0.2) is 0 Å². The van der Waals surface area contributed by atoms with E-state index in [1.165, 1.54) is 0 Å². The third-order valence-electron chi connectivity index (χ3n) is 2.82. The zero-order chi connectivity index (χ0) is 9.61. The van der Waals surface area contributed by atoms with Crippen LogP contribution in [-0.2, 0) is 4.79 Å². The van der Waals surface area contributed by atoms with Crippen LogP contribution in [0.1, 0.15) is 55.7 Å². The van der Waals surface area contributed by atoms with Gasteiger partial charge in [-0.3, -0.25) is 4.79 Å². The van der Waals surface area contributed by atoms with Crippen LogP contribution < -0.4 is 0 Å². The molecule has 0 fully saturated rings. The van der Waals surface area contributed by atoms with Gasteiger partial charge in [0.1, 0.15) is 0 Å². The summed E-state index contributed by atoms with van der Waals surface area (Å²) >= 11 is 0. The maximum atomic E-state index is 11.0. The van der Waals surface area contributed by atoms with E-state index in [4.69, 9.17) is 5.11 Å². The van der Waals surface area contributed by atoms with Gasteiger partial charge in [-0.05, 0) is 19.3 Å². The Labute approximate surface area is 114 Å². The van der Waals surface area contributed by atoms with Crippen molar-refractivity contribution in [3.63, 3.8) is 0 Å². The zero-order valence-electron chi connectivity index (χ0n) is 11.1. The Hall–Kier alpha value is 0.730. The molecule has 0 rings (SSSR count). The standard InChI is InChI=1S/C10H20O2.Ca.2H/c1-4-7-8-10(5-2,6-3)9(11)12;;;/h4-8H2,1-3H3,(H,11,12);;;/q;+2;2*-1. The summed E-state index contributed by atoms with van der Waals surface area (Å²) in [5.41, 5.74) is -0.448. The molecule has 0 aromatic rings. The van der Waals surface area contributed by atoms with Crippen LogP contribution in [0.25, 0.3) is 0 Å². The summed E-state index contributed by atoms with van der Waals surface area (Å²) in [6.45, 7) is 6.03. The van der Waals surface area contributed by atoms with Crippen LogP contribution in [0.3, 0.4) is 0 Å². The average molecular weight is 214 g/mol. The molecule has 0 saturated carbocycles. The van der Waals surface area contributed by atoms with Gasteiger partial charge >= 0.3 is 43.7 Å². The van der Waals surface area contributed by atoms with Gasteiger partial charge in [0.05, 0.1) is 5.41 Å². The molecule has 0 saturated heterocycles. The first-order valence-corrected chi connectivity index (χ1v) is 4.86. The van der Waals surface area contributed by atoms with E-state index in [-0.39, 0.29) is 40.6 Å². The van der Waals surface area contributed by atoms with Crippen molar-refractivity contribution in [1.29, 1.82) is 0 Å². The molecule has 0 aliphatic carbocycles. The minimum atomic E-state index is -0.624. The fraction of sp³-hybridized carbons (Fsp3) is 0.900. The van der Waals surface area contributed by atoms with E-state index < -0.39 is 11.4 Å². The molecule has 0 amide bonds. The normalized spacial score (nSPS) is 10.7. The second kappa shape index (κ2) is 8.07. The van der Waals surface area contributed by atoms with Crippen molar-refractivity contribution in [2.75, 3.05) is 0 Å². The van der Waals surface area contributed by atoms with Gasteiger partial charge in [0.15, 0.2) is 0 Å². The van der Waals surface area contributed by atoms with Gasteiger partial charge in [0, 0.05) is 0 Å². The van der Waals surface area contributed by atoms with Crippen molar-refractivity contribution in [3.8, 4) is 0 Å². The van der Waals surface area contributed by atoms with Crippen LogP contribution in [0, 0.1) is 5.41 Å². The number of hydrogen-bond donors (Lipinski definition) is 1. The first kappa shape index (κ1) is 16.2. The van der Waals surface area contributed by atoms with Crippen LogP contribution in [0.15, 0.2) is 0 Å². The number of carbonyl (C=O) groups is 1. The van der Waals surface area contributed by atoms with Gasteiger partial charge < -0.3 is 7.96 Å². The predicted molar refractivity (Wildman–Crippen MR) is 58.2 cm³/mol. The van der Waals surface area contributed by atoms with Crippen molar-refractivity contribution >= 4 is 43.7 Å². The third-order valence-corrected chi connectivity index (χ3v) is 2.82. The Morgan fingerprint density at radius 2 is 1.77 bits per heavy atom. The molecule has 76 valence electrons. The van der Waals surface area contributed by atoms with E-state index in [0.29, 0.717) is 0 Å². The molecular formula is C10H22CaO2. The molecule has 0 aliphatic rings. The van der Waals surface area contributed by atoms with Crippen LogP contribution in [-0.4, -0.2) is 48.8 Å². The Morgan fingerprint density at radius 1 is 1.31 bits per heavy atom. The molecule has 13 heavy (non-hydrogen) atoms. The molecule has 0 bridgehead atoms. The van der Waals surface area contributed by atoms with Gasteiger partial charge in [0.25, 0.3) is 0 Å². The van der Waals surface area contributed by atoms with E-state index in [0.717, 1.165) is 32.1 Å². The van der Waals surface area contributed by atoms with Gasteiger partial charge in [-0.2, -0.15) is 0 Å². The van der Waals surface area contributed by atoms with Gasteiger partial charge in [-0.1, -0.05) is 33.6 Å². The van der Waals surface area contributed by atoms with Crippen LogP contribution in [0.2, 0.25) is 0 Å². The number of aliphatic carboxylic acids is 1. The summed E-state index contributed by atoms with van der Waals surface area (Å²) in [7, 11) is 0. The summed E-state index contributed by atoms with van der Waals surface area (Å²) in [5, 5.41) is 9.05. The molecule has 2 nitrogen and oxygen atoms in total. The van der Waals surface area contributed by atoms with Crippen molar-refractivity contribution in [2.45, 2.75) is 52.9 Å². The number of hydrogen-bond acceptors (Lipinski definition) is 1. The number of carboxylic acid groups (broad SMARTS) is 1. The van der Waals surface area contributed by atoms with Crippen LogP contribution >= 0.6 is 0 Å². The molecule has 0 spiro atoms. The van der Waals surface area contributed by atoms with Gasteiger partial charge in [0.2, 0.25) is 0 Å². The summed E-state index contributed by atoms with van der Waals surface area (Å²) in [6, 6.07) is 0. The monoisotopic (exact) mass is 214 g/mol. The molecular weight excluding hydrogens is 192 g/mol. The fourth-order valence-electron chi connectivity index (χ4n) is 1.53. The molecule has 0 aromatic heterocycles. The SMILES string of the molecule is CCCCC(CC)(CC)C(=O)O.[Ca+2].[H-].[H-]. The molecule has 0 aliphatic heterocycles. The van der Waals surface area contributed by atoms with Crippen molar-refractivity contribution in [2.24, 2.45) is 5.41 Å². The smallest absolute Gasteiger partial charge is 1.00 e. The van der Waals surface area contributed by atoms with E-state index in [1.54, 1.807) is 0 Å². The average Bonchev–Trinajstić information content (AvgIpc) is 2.07. The molecule has 0 unspecified atom stereocenters. The van der Waals surface area contributed by atoms with Crippen LogP contribution in [0.5, 0.6) is 0 Å². The van der Waals surface area contributed by atoms with E-state index in [1.807, 2.05) is 13.8 Å². The van der Waals surface area contributed by atoms with Crippen molar-refractivity contribution in [1.82, 2.24) is 0 Å². The van der Waals surface area contributed by atoms with Crippen molar-refractivity contribution < 1.29 is 12.8 Å². The van der Waals surface area contributed by atoms with E-state index in [2.05, 4.69) is 6.92 Å². The van der Waals surface area contributed by atoms with Crippen molar-refractivity contribution in [3.05, 3.63) is 0 Å². The van der Waals surface area contributed by atoms with E-state index in [9.17, 15) is 4.79 Å². The Bertz CT molecular complexity index is 150. The summed E-state index contributed by atoms with van der Waals surface area (Å²) in [4.78, 5) is 11.0. The molecule has 0 atom stereocenters. The van der Waals surface area contributed by atoms with E-state index >= 15 is 0 Å². The number of carboxylic acids is 1. The van der Waals surface area contributed by atoms with Gasteiger partial charge in [-0.15, -0.1) is 0 Å². The Kier molecular flexibility index (Phi) is 10.0. The minimum Gasteiger partial charge on any atom is -1.00 e. The Morgan fingerprint density at radius 3 is 2.00 bits per heavy atom. The number of unbranched alkanes of at least 4 members (excludes halogenated alkanes) is 1. The fourth-order valence-corrected chi connectivity index (χ4v) is 1.53. The first-order chi connectivity index (χ1) is 5.63. The maximum absolute atomic E-state index is 11.0. The second-order valence-corrected chi connectivity index (χ2v) is 3.40. The quantitative estimate of drug-likeness (QED) is 0.690. The predicted octanol–water partition coefficient (Wildman–Crippen LogP) is 2.91. The first-order valence-electron chi connectivity index (χ1n) is 4.86. The molecule has 0 aromatic carbocycles. The van der Waals surface area contributed by atoms with Crippen LogP contribution in [0.4, 0.5) is 0 Å². The molecule has 0 radical (unpaired) electrons. The molecule has 3 heteroatoms. The molecule has 0 heterocycles. The zero-order valence-corrected chi connectivity index (χ0v) is 11.3. The second-order valence-electron chi connectivity index (χ2n) is 3.40. The largest absolute Gasteiger partial charge is 2.00 e. The number of rotatable bonds is 6. The summed E-state index contributed by atoms with van der Waals surface area (Å²) in [6.07, 6.45) is 4.42. The Balaban J connectivity index is -0.000000202. The third kappa shape index (κ3) is 4.66. The minimum absolute atomic E-state index is 0. The molecule has 1 N–H and O–H groups in total. The summed E-state index contributed by atoms with van der Waals surface area (Å²) in [5.74, 6) is -0.624. The maximum Gasteiger partial charge on any atom is 2.00 e.